The Bertz CT molecular complexity index is 1270. The van der Waals surface area contributed by atoms with Crippen LogP contribution in [0.15, 0.2) is 53.3 Å². The molecule has 0 aliphatic rings. The molecule has 2 heterocycles. The molecule has 8 nitrogen and oxygen atoms in total. The van der Waals surface area contributed by atoms with Crippen molar-refractivity contribution in [2.24, 2.45) is 0 Å². The van der Waals surface area contributed by atoms with Crippen molar-refractivity contribution in [2.75, 3.05) is 11.9 Å². The van der Waals surface area contributed by atoms with E-state index in [2.05, 4.69) is 20.3 Å². The lowest BCUT2D eigenvalue weighted by Gasteiger charge is -2.09. The van der Waals surface area contributed by atoms with Crippen molar-refractivity contribution in [3.05, 3.63) is 70.3 Å². The smallest absolute Gasteiger partial charge is 0.339 e. The third-order valence-corrected chi connectivity index (χ3v) is 4.20. The van der Waals surface area contributed by atoms with Crippen LogP contribution < -0.4 is 11.0 Å². The number of aryl methyl sites for hydroxylation is 1. The molecule has 2 aromatic carbocycles. The fourth-order valence-electron chi connectivity index (χ4n) is 2.99. The van der Waals surface area contributed by atoms with E-state index in [1.807, 2.05) is 18.2 Å². The highest BCUT2D eigenvalue weighted by Crippen LogP contribution is 2.19. The van der Waals surface area contributed by atoms with Crippen LogP contribution in [0.4, 0.5) is 5.69 Å². The maximum Gasteiger partial charge on any atom is 0.339 e. The van der Waals surface area contributed by atoms with Gasteiger partial charge in [0.15, 0.2) is 6.61 Å². The van der Waals surface area contributed by atoms with Gasteiger partial charge in [0.1, 0.15) is 0 Å². The number of hydrogen-bond acceptors (Lipinski definition) is 5. The number of para-hydroxylation sites is 1. The van der Waals surface area contributed by atoms with Gasteiger partial charge in [-0.3, -0.25) is 9.78 Å². The van der Waals surface area contributed by atoms with E-state index in [0.29, 0.717) is 38.9 Å². The Kier molecular flexibility index (Phi) is 4.36. The number of esters is 1. The predicted molar refractivity (Wildman–Crippen MR) is 104 cm³/mol. The van der Waals surface area contributed by atoms with E-state index in [4.69, 9.17) is 4.74 Å². The molecule has 0 saturated heterocycles. The Morgan fingerprint density at radius 3 is 2.71 bits per heavy atom. The molecule has 140 valence electrons. The Morgan fingerprint density at radius 2 is 1.86 bits per heavy atom. The number of carbonyl (C=O) groups is 2. The second kappa shape index (κ2) is 6.99. The van der Waals surface area contributed by atoms with Gasteiger partial charge in [-0.15, -0.1) is 0 Å². The second-order valence-electron chi connectivity index (χ2n) is 6.29. The lowest BCUT2D eigenvalue weighted by molar-refractivity contribution is -0.119. The number of benzene rings is 2. The summed E-state index contributed by atoms with van der Waals surface area (Å²) in [7, 11) is 0. The van der Waals surface area contributed by atoms with E-state index in [-0.39, 0.29) is 5.69 Å². The molecule has 0 aliphatic heterocycles. The minimum absolute atomic E-state index is 0.327. The van der Waals surface area contributed by atoms with E-state index in [9.17, 15) is 14.4 Å². The molecule has 4 aromatic rings. The Labute approximate surface area is 158 Å². The topological polar surface area (TPSA) is 117 Å². The van der Waals surface area contributed by atoms with Gasteiger partial charge in [0.25, 0.3) is 5.91 Å². The molecule has 0 unspecified atom stereocenters. The maximum atomic E-state index is 12.5. The van der Waals surface area contributed by atoms with Crippen LogP contribution in [0.3, 0.4) is 0 Å². The lowest BCUT2D eigenvalue weighted by Crippen LogP contribution is -2.21. The van der Waals surface area contributed by atoms with Gasteiger partial charge in [-0.1, -0.05) is 18.2 Å². The third kappa shape index (κ3) is 3.48. The minimum atomic E-state index is -0.595. The average molecular weight is 376 g/mol. The molecule has 0 bridgehead atoms. The van der Waals surface area contributed by atoms with E-state index < -0.39 is 18.5 Å². The average Bonchev–Trinajstić information content (AvgIpc) is 3.04. The lowest BCUT2D eigenvalue weighted by atomic mass is 10.1. The number of ether oxygens (including phenoxy) is 1. The number of nitrogens with one attached hydrogen (secondary N) is 3. The fourth-order valence-corrected chi connectivity index (χ4v) is 2.99. The molecule has 0 spiro atoms. The molecule has 3 N–H and O–H groups in total. The van der Waals surface area contributed by atoms with Crippen LogP contribution in [0.1, 0.15) is 16.1 Å². The number of pyridine rings is 1. The van der Waals surface area contributed by atoms with Gasteiger partial charge >= 0.3 is 11.7 Å². The molecule has 0 fully saturated rings. The van der Waals surface area contributed by atoms with E-state index in [1.54, 1.807) is 37.3 Å². The van der Waals surface area contributed by atoms with E-state index in [0.717, 1.165) is 0 Å². The number of aromatic nitrogens is 3. The zero-order valence-electron chi connectivity index (χ0n) is 14.9. The summed E-state index contributed by atoms with van der Waals surface area (Å²) in [5.74, 6) is -1.08. The number of hydrogen-bond donors (Lipinski definition) is 3. The standard InChI is InChI=1S/C20H16N4O4/c1-11-8-14(13-4-2-3-5-15(13)21-11)19(26)28-10-18(25)22-12-6-7-16-17(9-12)24-20(27)23-16/h2-9H,10H2,1H3,(H,22,25)(H2,23,24,27). The number of nitrogens with zero attached hydrogens (tertiary/aromatic N) is 1. The molecule has 4 rings (SSSR count). The van der Waals surface area contributed by atoms with Crippen molar-refractivity contribution < 1.29 is 14.3 Å². The highest BCUT2D eigenvalue weighted by molar-refractivity contribution is 6.04. The van der Waals surface area contributed by atoms with Crippen LogP contribution in [-0.4, -0.2) is 33.4 Å². The molecule has 0 saturated carbocycles. The molecule has 0 atom stereocenters. The van der Waals surface area contributed by atoms with Crippen molar-refractivity contribution in [3.63, 3.8) is 0 Å². The molecule has 2 aromatic heterocycles. The van der Waals surface area contributed by atoms with Crippen molar-refractivity contribution in [1.82, 2.24) is 15.0 Å². The molecule has 0 radical (unpaired) electrons. The van der Waals surface area contributed by atoms with Crippen LogP contribution in [0.2, 0.25) is 0 Å². The predicted octanol–water partition coefficient (Wildman–Crippen LogP) is 2.51. The third-order valence-electron chi connectivity index (χ3n) is 4.20. The van der Waals surface area contributed by atoms with Crippen molar-refractivity contribution in [3.8, 4) is 0 Å². The first-order chi connectivity index (χ1) is 13.5. The van der Waals surface area contributed by atoms with Crippen LogP contribution in [0, 0.1) is 6.92 Å². The highest BCUT2D eigenvalue weighted by Gasteiger charge is 2.15. The molecular formula is C20H16N4O4. The normalized spacial score (nSPS) is 10.9. The first-order valence-corrected chi connectivity index (χ1v) is 8.55. The molecular weight excluding hydrogens is 360 g/mol. The maximum absolute atomic E-state index is 12.5. The first-order valence-electron chi connectivity index (χ1n) is 8.55. The molecule has 8 heteroatoms. The van der Waals surface area contributed by atoms with Gasteiger partial charge in [-0.05, 0) is 37.3 Å². The highest BCUT2D eigenvalue weighted by atomic mass is 16.5. The Morgan fingerprint density at radius 1 is 1.07 bits per heavy atom. The van der Waals surface area contributed by atoms with Gasteiger partial charge in [0.05, 0.1) is 22.1 Å². The fraction of sp³-hybridized carbons (Fsp3) is 0.100. The van der Waals surface area contributed by atoms with Crippen molar-refractivity contribution in [1.29, 1.82) is 0 Å². The summed E-state index contributed by atoms with van der Waals surface area (Å²) < 4.78 is 5.17. The summed E-state index contributed by atoms with van der Waals surface area (Å²) >= 11 is 0. The number of anilines is 1. The Hall–Kier alpha value is -3.94. The van der Waals surface area contributed by atoms with Gasteiger partial charge in [0, 0.05) is 16.8 Å². The van der Waals surface area contributed by atoms with Crippen LogP contribution in [0.25, 0.3) is 21.9 Å². The zero-order chi connectivity index (χ0) is 19.7. The number of aromatic amines is 2. The quantitative estimate of drug-likeness (QED) is 0.473. The molecule has 0 aliphatic carbocycles. The number of imidazole rings is 1. The summed E-state index contributed by atoms with van der Waals surface area (Å²) in [5.41, 5.74) is 3.09. The van der Waals surface area contributed by atoms with Crippen LogP contribution in [-0.2, 0) is 9.53 Å². The monoisotopic (exact) mass is 376 g/mol. The number of rotatable bonds is 4. The van der Waals surface area contributed by atoms with Gasteiger partial charge in [-0.2, -0.15) is 0 Å². The first kappa shape index (κ1) is 17.5. The second-order valence-corrected chi connectivity index (χ2v) is 6.29. The Balaban J connectivity index is 1.45. The summed E-state index contributed by atoms with van der Waals surface area (Å²) in [6.45, 7) is 1.35. The van der Waals surface area contributed by atoms with Crippen LogP contribution in [0.5, 0.6) is 0 Å². The molecule has 28 heavy (non-hydrogen) atoms. The van der Waals surface area contributed by atoms with Crippen molar-refractivity contribution in [2.45, 2.75) is 6.92 Å². The number of H-pyrrole nitrogens is 2. The summed E-state index contributed by atoms with van der Waals surface area (Å²) in [6, 6.07) is 13.8. The number of carbonyl (C=O) groups excluding carboxylic acids is 2. The van der Waals surface area contributed by atoms with Gasteiger partial charge < -0.3 is 20.0 Å². The SMILES string of the molecule is Cc1cc(C(=O)OCC(=O)Nc2ccc3[nH]c(=O)[nH]c3c2)c2ccccc2n1. The van der Waals surface area contributed by atoms with Gasteiger partial charge in [-0.25, -0.2) is 9.59 Å². The number of amides is 1. The van der Waals surface area contributed by atoms with Crippen molar-refractivity contribution >= 4 is 39.5 Å². The summed E-state index contributed by atoms with van der Waals surface area (Å²) in [6.07, 6.45) is 0. The molecule has 1 amide bonds. The minimum Gasteiger partial charge on any atom is -0.452 e. The zero-order valence-corrected chi connectivity index (χ0v) is 14.9. The van der Waals surface area contributed by atoms with Gasteiger partial charge in [0.2, 0.25) is 0 Å². The summed E-state index contributed by atoms with van der Waals surface area (Å²) in [5, 5.41) is 3.30. The van der Waals surface area contributed by atoms with E-state index in [1.165, 1.54) is 0 Å². The van der Waals surface area contributed by atoms with E-state index >= 15 is 0 Å². The summed E-state index contributed by atoms with van der Waals surface area (Å²) in [4.78, 5) is 45.5. The number of fused-ring (bicyclic) bond motifs is 2. The van der Waals surface area contributed by atoms with Crippen LogP contribution >= 0.6 is 0 Å². The largest absolute Gasteiger partial charge is 0.452 e.